The van der Waals surface area contributed by atoms with Crippen LogP contribution >= 0.6 is 7.60 Å². The standard InChI is InChI=1S/C5H8NO3P/c7-10(8,9)5-1-3-6-4-2-5/h1-6H,(H2,7,8,9). The van der Waals surface area contributed by atoms with Crippen molar-refractivity contribution in [1.82, 2.24) is 5.32 Å². The van der Waals surface area contributed by atoms with E-state index in [2.05, 4.69) is 5.32 Å². The minimum Gasteiger partial charge on any atom is -0.368 e. The SMILES string of the molecule is O=P(O)(O)C1C=CNC=C1. The van der Waals surface area contributed by atoms with Crippen LogP contribution in [0.4, 0.5) is 0 Å². The molecular weight excluding hydrogens is 153 g/mol. The summed E-state index contributed by atoms with van der Waals surface area (Å²) in [7, 11) is -3.95. The third kappa shape index (κ3) is 1.70. The third-order valence-electron chi connectivity index (χ3n) is 1.17. The molecule has 4 nitrogen and oxygen atoms in total. The Morgan fingerprint density at radius 2 is 1.80 bits per heavy atom. The van der Waals surface area contributed by atoms with Crippen molar-refractivity contribution < 1.29 is 14.4 Å². The van der Waals surface area contributed by atoms with Crippen LogP contribution in [0.1, 0.15) is 0 Å². The highest BCUT2D eigenvalue weighted by Gasteiger charge is 2.23. The number of hydrogen-bond acceptors (Lipinski definition) is 2. The Bertz CT molecular complexity index is 205. The lowest BCUT2D eigenvalue weighted by Gasteiger charge is -2.12. The highest BCUT2D eigenvalue weighted by molar-refractivity contribution is 7.53. The Labute approximate surface area is 58.4 Å². The molecule has 0 aliphatic carbocycles. The van der Waals surface area contributed by atoms with Crippen LogP contribution in [0, 0.1) is 0 Å². The minimum absolute atomic E-state index is 0.756. The summed E-state index contributed by atoms with van der Waals surface area (Å²) in [6, 6.07) is 0. The van der Waals surface area contributed by atoms with E-state index in [-0.39, 0.29) is 0 Å². The van der Waals surface area contributed by atoms with E-state index < -0.39 is 13.3 Å². The molecule has 0 aromatic rings. The second-order valence-corrected chi connectivity index (χ2v) is 3.74. The molecule has 0 unspecified atom stereocenters. The molecule has 0 saturated carbocycles. The van der Waals surface area contributed by atoms with Crippen molar-refractivity contribution in [2.75, 3.05) is 0 Å². The van der Waals surface area contributed by atoms with Gasteiger partial charge in [-0.2, -0.15) is 0 Å². The van der Waals surface area contributed by atoms with Crippen molar-refractivity contribution in [3.8, 4) is 0 Å². The first-order chi connectivity index (χ1) is 4.61. The number of nitrogens with one attached hydrogen (secondary N) is 1. The number of hydrogen-bond donors (Lipinski definition) is 3. The van der Waals surface area contributed by atoms with Crippen LogP contribution in [0.25, 0.3) is 0 Å². The Hall–Kier alpha value is -0.570. The van der Waals surface area contributed by atoms with E-state index in [1.165, 1.54) is 24.6 Å². The molecule has 0 saturated heterocycles. The molecule has 1 aliphatic heterocycles. The normalized spacial score (nSPS) is 19.0. The molecule has 0 amide bonds. The fraction of sp³-hybridized carbons (Fsp3) is 0.200. The fourth-order valence-electron chi connectivity index (χ4n) is 0.652. The minimum atomic E-state index is -3.95. The Morgan fingerprint density at radius 3 is 2.10 bits per heavy atom. The molecule has 0 bridgehead atoms. The molecule has 0 radical (unpaired) electrons. The van der Waals surface area contributed by atoms with Crippen LogP contribution in [0.15, 0.2) is 24.6 Å². The summed E-state index contributed by atoms with van der Waals surface area (Å²) in [4.78, 5) is 17.2. The highest BCUT2D eigenvalue weighted by atomic mass is 31.2. The van der Waals surface area contributed by atoms with Crippen molar-refractivity contribution >= 4 is 7.60 Å². The molecule has 0 atom stereocenters. The number of allylic oxidation sites excluding steroid dienone is 2. The summed E-state index contributed by atoms with van der Waals surface area (Å²) < 4.78 is 10.6. The highest BCUT2D eigenvalue weighted by Crippen LogP contribution is 2.42. The van der Waals surface area contributed by atoms with Crippen LogP contribution in [-0.2, 0) is 4.57 Å². The van der Waals surface area contributed by atoms with Gasteiger partial charge >= 0.3 is 7.60 Å². The van der Waals surface area contributed by atoms with Gasteiger partial charge in [0.05, 0.1) is 0 Å². The van der Waals surface area contributed by atoms with Crippen LogP contribution in [0.3, 0.4) is 0 Å². The lowest BCUT2D eigenvalue weighted by Crippen LogP contribution is -2.08. The van der Waals surface area contributed by atoms with Gasteiger partial charge < -0.3 is 15.1 Å². The van der Waals surface area contributed by atoms with Gasteiger partial charge in [-0.25, -0.2) is 0 Å². The van der Waals surface area contributed by atoms with Gasteiger partial charge in [-0.1, -0.05) is 0 Å². The van der Waals surface area contributed by atoms with Crippen molar-refractivity contribution in [2.24, 2.45) is 0 Å². The first-order valence-corrected chi connectivity index (χ1v) is 4.43. The molecule has 0 aromatic carbocycles. The lowest BCUT2D eigenvalue weighted by atomic mass is 10.3. The number of dihydropyridines is 1. The molecule has 56 valence electrons. The molecule has 1 rings (SSSR count). The summed E-state index contributed by atoms with van der Waals surface area (Å²) in [5.41, 5.74) is -0.756. The molecular formula is C5H8NO3P. The summed E-state index contributed by atoms with van der Waals surface area (Å²) >= 11 is 0. The van der Waals surface area contributed by atoms with Gasteiger partial charge in [0, 0.05) is 0 Å². The van der Waals surface area contributed by atoms with Crippen molar-refractivity contribution in [2.45, 2.75) is 5.66 Å². The topological polar surface area (TPSA) is 69.6 Å². The predicted molar refractivity (Wildman–Crippen MR) is 37.2 cm³/mol. The molecule has 10 heavy (non-hydrogen) atoms. The number of rotatable bonds is 1. The molecule has 5 heteroatoms. The average molecular weight is 161 g/mol. The van der Waals surface area contributed by atoms with Gasteiger partial charge in [0.15, 0.2) is 0 Å². The fourth-order valence-corrected chi connectivity index (χ4v) is 1.27. The van der Waals surface area contributed by atoms with Gasteiger partial charge in [0.2, 0.25) is 0 Å². The zero-order valence-electron chi connectivity index (χ0n) is 5.14. The quantitative estimate of drug-likeness (QED) is 0.479. The van der Waals surface area contributed by atoms with E-state index >= 15 is 0 Å². The second-order valence-electron chi connectivity index (χ2n) is 1.96. The maximum absolute atomic E-state index is 10.6. The summed E-state index contributed by atoms with van der Waals surface area (Å²) in [5, 5.41) is 2.68. The maximum atomic E-state index is 10.6. The van der Waals surface area contributed by atoms with E-state index in [1.807, 2.05) is 0 Å². The molecule has 0 aromatic heterocycles. The van der Waals surface area contributed by atoms with Gasteiger partial charge in [-0.3, -0.25) is 4.57 Å². The van der Waals surface area contributed by atoms with Gasteiger partial charge in [-0.05, 0) is 24.6 Å². The van der Waals surface area contributed by atoms with Crippen molar-refractivity contribution in [3.63, 3.8) is 0 Å². The average Bonchev–Trinajstić information content (AvgIpc) is 1.88. The van der Waals surface area contributed by atoms with Gasteiger partial charge in [0.25, 0.3) is 0 Å². The summed E-state index contributed by atoms with van der Waals surface area (Å²) in [6.45, 7) is 0. The monoisotopic (exact) mass is 161 g/mol. The molecule has 1 heterocycles. The molecule has 0 fully saturated rings. The Balaban J connectivity index is 2.74. The largest absolute Gasteiger partial charge is 0.368 e. The van der Waals surface area contributed by atoms with Crippen molar-refractivity contribution in [1.29, 1.82) is 0 Å². The first kappa shape index (κ1) is 7.54. The van der Waals surface area contributed by atoms with E-state index in [1.54, 1.807) is 0 Å². The molecule has 0 spiro atoms. The van der Waals surface area contributed by atoms with Crippen LogP contribution in [0.2, 0.25) is 0 Å². The second kappa shape index (κ2) is 2.58. The Kier molecular flexibility index (Phi) is 1.94. The van der Waals surface area contributed by atoms with Crippen molar-refractivity contribution in [3.05, 3.63) is 24.6 Å². The lowest BCUT2D eigenvalue weighted by molar-refractivity contribution is 0.370. The van der Waals surface area contributed by atoms with Crippen LogP contribution in [-0.4, -0.2) is 15.4 Å². The van der Waals surface area contributed by atoms with Gasteiger partial charge in [-0.15, -0.1) is 0 Å². The van der Waals surface area contributed by atoms with Crippen LogP contribution < -0.4 is 5.32 Å². The predicted octanol–water partition coefficient (Wildman–Crippen LogP) is 0.163. The third-order valence-corrected chi connectivity index (χ3v) is 2.29. The summed E-state index contributed by atoms with van der Waals surface area (Å²) in [6.07, 6.45) is 5.87. The van der Waals surface area contributed by atoms with E-state index in [0.717, 1.165) is 0 Å². The molecule has 1 aliphatic rings. The zero-order valence-corrected chi connectivity index (χ0v) is 6.03. The first-order valence-electron chi connectivity index (χ1n) is 2.75. The maximum Gasteiger partial charge on any atom is 0.336 e. The van der Waals surface area contributed by atoms with E-state index in [0.29, 0.717) is 0 Å². The zero-order chi connectivity index (χ0) is 7.61. The van der Waals surface area contributed by atoms with Gasteiger partial charge in [0.1, 0.15) is 5.66 Å². The summed E-state index contributed by atoms with van der Waals surface area (Å²) in [5.74, 6) is 0. The Morgan fingerprint density at radius 1 is 1.30 bits per heavy atom. The van der Waals surface area contributed by atoms with E-state index in [9.17, 15) is 4.57 Å². The molecule has 3 N–H and O–H groups in total. The van der Waals surface area contributed by atoms with Crippen LogP contribution in [0.5, 0.6) is 0 Å². The van der Waals surface area contributed by atoms with E-state index in [4.69, 9.17) is 9.79 Å². The smallest absolute Gasteiger partial charge is 0.336 e.